The summed E-state index contributed by atoms with van der Waals surface area (Å²) < 4.78 is 28.7. The van der Waals surface area contributed by atoms with Crippen LogP contribution >= 0.6 is 0 Å². The van der Waals surface area contributed by atoms with Crippen molar-refractivity contribution in [3.05, 3.63) is 0 Å². The molecular weight excluding hydrogens is 264 g/mol. The van der Waals surface area contributed by atoms with Crippen molar-refractivity contribution in [2.24, 2.45) is 0 Å². The molecule has 1 heterocycles. The van der Waals surface area contributed by atoms with Crippen molar-refractivity contribution in [3.8, 4) is 0 Å². The van der Waals surface area contributed by atoms with Gasteiger partial charge in [-0.25, -0.2) is 17.9 Å². The lowest BCUT2D eigenvalue weighted by Crippen LogP contribution is -2.39. The highest BCUT2D eigenvalue weighted by Gasteiger charge is 2.34. The monoisotopic (exact) mass is 280 g/mol. The van der Waals surface area contributed by atoms with E-state index in [0.29, 0.717) is 12.8 Å². The molecule has 1 fully saturated rings. The number of aliphatic carboxylic acids is 1. The van der Waals surface area contributed by atoms with Crippen LogP contribution in [0.4, 0.5) is 0 Å². The van der Waals surface area contributed by atoms with Gasteiger partial charge in [0.05, 0.1) is 6.26 Å². The number of ether oxygens (including phenoxy) is 1. The Hall–Kier alpha value is -1.19. The van der Waals surface area contributed by atoms with Crippen molar-refractivity contribution < 1.29 is 27.9 Å². The van der Waals surface area contributed by atoms with Gasteiger partial charge in [-0.2, -0.15) is 0 Å². The molecule has 0 unspecified atom stereocenters. The molecule has 0 aromatic heterocycles. The molecule has 1 aliphatic heterocycles. The van der Waals surface area contributed by atoms with Gasteiger partial charge in [-0.3, -0.25) is 4.79 Å². The minimum absolute atomic E-state index is 0.0830. The first-order chi connectivity index (χ1) is 8.29. The molecule has 0 aromatic carbocycles. The lowest BCUT2D eigenvalue weighted by Gasteiger charge is -2.11. The van der Waals surface area contributed by atoms with Crippen molar-refractivity contribution in [2.75, 3.05) is 19.3 Å². The molecule has 104 valence electrons. The Labute approximate surface area is 105 Å². The summed E-state index contributed by atoms with van der Waals surface area (Å²) in [5.41, 5.74) is 0. The molecule has 3 N–H and O–H groups in total. The maximum Gasteiger partial charge on any atom is 0.332 e. The van der Waals surface area contributed by atoms with Gasteiger partial charge in [0.2, 0.25) is 15.9 Å². The van der Waals surface area contributed by atoms with E-state index >= 15 is 0 Å². The van der Waals surface area contributed by atoms with Gasteiger partial charge >= 0.3 is 5.97 Å². The van der Waals surface area contributed by atoms with Crippen LogP contribution in [0.25, 0.3) is 0 Å². The van der Waals surface area contributed by atoms with E-state index in [4.69, 9.17) is 9.84 Å². The Morgan fingerprint density at radius 1 is 1.28 bits per heavy atom. The number of carbonyl (C=O) groups is 2. The number of carboxylic acids is 1. The molecule has 1 saturated heterocycles. The van der Waals surface area contributed by atoms with E-state index in [2.05, 4.69) is 10.0 Å². The lowest BCUT2D eigenvalue weighted by molar-refractivity contribution is -0.151. The minimum atomic E-state index is -3.27. The van der Waals surface area contributed by atoms with Gasteiger partial charge in [0.1, 0.15) is 6.10 Å². The average Bonchev–Trinajstić information content (AvgIpc) is 2.72. The maximum atomic E-state index is 11.5. The predicted molar refractivity (Wildman–Crippen MR) is 61.4 cm³/mol. The molecule has 18 heavy (non-hydrogen) atoms. The Kier molecular flexibility index (Phi) is 5.05. The number of sulfonamides is 1. The molecule has 0 aromatic rings. The summed E-state index contributed by atoms with van der Waals surface area (Å²) in [5.74, 6) is -1.50. The van der Waals surface area contributed by atoms with Crippen LogP contribution in [0.2, 0.25) is 0 Å². The smallest absolute Gasteiger partial charge is 0.332 e. The summed E-state index contributed by atoms with van der Waals surface area (Å²) in [6, 6.07) is 0. The van der Waals surface area contributed by atoms with Crippen LogP contribution in [-0.4, -0.2) is 57.0 Å². The lowest BCUT2D eigenvalue weighted by atomic mass is 10.2. The van der Waals surface area contributed by atoms with Crippen molar-refractivity contribution in [1.29, 1.82) is 0 Å². The first-order valence-electron chi connectivity index (χ1n) is 5.40. The summed E-state index contributed by atoms with van der Waals surface area (Å²) >= 11 is 0. The molecule has 9 heteroatoms. The molecule has 8 nitrogen and oxygen atoms in total. The zero-order valence-electron chi connectivity index (χ0n) is 9.88. The number of hydrogen-bond donors (Lipinski definition) is 3. The molecule has 0 radical (unpaired) electrons. The molecule has 0 spiro atoms. The standard InChI is InChI=1S/C9H16N2O6S/c1-18(15,16)11-5-4-10-8(12)6-2-3-7(17-6)9(13)14/h6-7,11H,2-5H2,1H3,(H,10,12)(H,13,14)/t6-,7+/m0/s1. The minimum Gasteiger partial charge on any atom is -0.479 e. The topological polar surface area (TPSA) is 122 Å². The van der Waals surface area contributed by atoms with E-state index in [1.165, 1.54) is 0 Å². The summed E-state index contributed by atoms with van der Waals surface area (Å²) in [6.07, 6.45) is -0.0387. The van der Waals surface area contributed by atoms with Crippen molar-refractivity contribution in [1.82, 2.24) is 10.0 Å². The largest absolute Gasteiger partial charge is 0.479 e. The second-order valence-electron chi connectivity index (χ2n) is 3.99. The van der Waals surface area contributed by atoms with E-state index < -0.39 is 34.1 Å². The van der Waals surface area contributed by atoms with Gasteiger partial charge in [-0.15, -0.1) is 0 Å². The van der Waals surface area contributed by atoms with Gasteiger partial charge in [-0.1, -0.05) is 0 Å². The van der Waals surface area contributed by atoms with E-state index in [9.17, 15) is 18.0 Å². The van der Waals surface area contributed by atoms with Crippen LogP contribution in [0.5, 0.6) is 0 Å². The quantitative estimate of drug-likeness (QED) is 0.498. The third-order valence-electron chi connectivity index (χ3n) is 2.38. The molecule has 1 aliphatic rings. The van der Waals surface area contributed by atoms with Crippen LogP contribution in [0.15, 0.2) is 0 Å². The Balaban J connectivity index is 2.24. The van der Waals surface area contributed by atoms with Gasteiger partial charge in [0.15, 0.2) is 6.10 Å². The fourth-order valence-electron chi connectivity index (χ4n) is 1.55. The van der Waals surface area contributed by atoms with Gasteiger partial charge < -0.3 is 15.2 Å². The SMILES string of the molecule is CS(=O)(=O)NCCNC(=O)[C@@H]1CC[C@H](C(=O)O)O1. The number of carboxylic acid groups (broad SMARTS) is 1. The highest BCUT2D eigenvalue weighted by Crippen LogP contribution is 2.19. The van der Waals surface area contributed by atoms with E-state index in [1.54, 1.807) is 0 Å². The van der Waals surface area contributed by atoms with Gasteiger partial charge in [-0.05, 0) is 12.8 Å². The molecule has 1 amide bonds. The number of carbonyl (C=O) groups excluding carboxylic acids is 1. The normalized spacial score (nSPS) is 23.8. The van der Waals surface area contributed by atoms with E-state index in [0.717, 1.165) is 6.26 Å². The molecular formula is C9H16N2O6S. The third kappa shape index (κ3) is 4.98. The van der Waals surface area contributed by atoms with Crippen molar-refractivity contribution in [2.45, 2.75) is 25.0 Å². The second kappa shape index (κ2) is 6.12. The van der Waals surface area contributed by atoms with E-state index in [1.807, 2.05) is 0 Å². The van der Waals surface area contributed by atoms with Crippen LogP contribution in [0, 0.1) is 0 Å². The molecule has 2 atom stereocenters. The molecule has 0 bridgehead atoms. The summed E-state index contributed by atoms with van der Waals surface area (Å²) in [7, 11) is -3.27. The number of amides is 1. The summed E-state index contributed by atoms with van der Waals surface area (Å²) in [4.78, 5) is 22.1. The average molecular weight is 280 g/mol. The highest BCUT2D eigenvalue weighted by molar-refractivity contribution is 7.88. The number of hydrogen-bond acceptors (Lipinski definition) is 5. The first-order valence-corrected chi connectivity index (χ1v) is 7.29. The maximum absolute atomic E-state index is 11.5. The van der Waals surface area contributed by atoms with Crippen molar-refractivity contribution in [3.63, 3.8) is 0 Å². The Bertz CT molecular complexity index is 421. The molecule has 0 aliphatic carbocycles. The van der Waals surface area contributed by atoms with Crippen LogP contribution in [0.3, 0.4) is 0 Å². The van der Waals surface area contributed by atoms with Gasteiger partial charge in [0, 0.05) is 13.1 Å². The third-order valence-corrected chi connectivity index (χ3v) is 3.10. The summed E-state index contributed by atoms with van der Waals surface area (Å²) in [5, 5.41) is 11.2. The fraction of sp³-hybridized carbons (Fsp3) is 0.778. The molecule has 0 saturated carbocycles. The van der Waals surface area contributed by atoms with Gasteiger partial charge in [0.25, 0.3) is 0 Å². The molecule has 1 rings (SSSR count). The zero-order chi connectivity index (χ0) is 13.8. The zero-order valence-corrected chi connectivity index (χ0v) is 10.7. The number of rotatable bonds is 6. The van der Waals surface area contributed by atoms with Crippen LogP contribution < -0.4 is 10.0 Å². The first kappa shape index (κ1) is 14.9. The second-order valence-corrected chi connectivity index (χ2v) is 5.82. The van der Waals surface area contributed by atoms with Crippen LogP contribution in [-0.2, 0) is 24.3 Å². The Morgan fingerprint density at radius 2 is 1.89 bits per heavy atom. The van der Waals surface area contributed by atoms with E-state index in [-0.39, 0.29) is 13.1 Å². The fourth-order valence-corrected chi connectivity index (χ4v) is 2.02. The summed E-state index contributed by atoms with van der Waals surface area (Å²) in [6.45, 7) is 0.211. The van der Waals surface area contributed by atoms with Crippen molar-refractivity contribution >= 4 is 21.9 Å². The number of nitrogens with one attached hydrogen (secondary N) is 2. The predicted octanol–water partition coefficient (Wildman–Crippen LogP) is -1.72. The Morgan fingerprint density at radius 3 is 2.39 bits per heavy atom. The highest BCUT2D eigenvalue weighted by atomic mass is 32.2. The van der Waals surface area contributed by atoms with Crippen LogP contribution in [0.1, 0.15) is 12.8 Å².